The van der Waals surface area contributed by atoms with E-state index in [4.69, 9.17) is 0 Å². The summed E-state index contributed by atoms with van der Waals surface area (Å²) in [7, 11) is 0. The molecule has 1 aromatic rings. The van der Waals surface area contributed by atoms with E-state index in [1.54, 1.807) is 0 Å². The van der Waals surface area contributed by atoms with Crippen molar-refractivity contribution in [2.45, 2.75) is 19.8 Å². The van der Waals surface area contributed by atoms with Crippen LogP contribution in [0.3, 0.4) is 0 Å². The number of anilines is 1. The van der Waals surface area contributed by atoms with E-state index in [1.165, 1.54) is 6.20 Å². The molecule has 0 spiro atoms. The van der Waals surface area contributed by atoms with Crippen LogP contribution in [0.1, 0.15) is 25.6 Å². The summed E-state index contributed by atoms with van der Waals surface area (Å²) in [6.45, 7) is 7.36. The minimum absolute atomic E-state index is 0.224. The molecule has 0 aromatic carbocycles. The zero-order valence-corrected chi connectivity index (χ0v) is 9.70. The molecule has 1 aliphatic rings. The third-order valence-corrected chi connectivity index (χ3v) is 2.68. The highest BCUT2D eigenvalue weighted by atomic mass is 19.1. The second-order valence-electron chi connectivity index (χ2n) is 4.29. The molecular weight excluding hydrogens is 207 g/mol. The van der Waals surface area contributed by atoms with Crippen LogP contribution in [-0.4, -0.2) is 36.1 Å². The predicted octanol–water partition coefficient (Wildman–Crippen LogP) is 1.15. The summed E-state index contributed by atoms with van der Waals surface area (Å²) in [5.74, 6) is 1.05. The maximum Gasteiger partial charge on any atom is 0.183 e. The Balaban J connectivity index is 2.27. The molecule has 0 unspecified atom stereocenters. The van der Waals surface area contributed by atoms with E-state index < -0.39 is 0 Å². The van der Waals surface area contributed by atoms with Crippen LogP contribution in [0.15, 0.2) is 6.20 Å². The quantitative estimate of drug-likeness (QED) is 0.818. The van der Waals surface area contributed by atoms with Gasteiger partial charge in [-0.2, -0.15) is 0 Å². The lowest BCUT2D eigenvalue weighted by molar-refractivity contribution is 0.550. The van der Waals surface area contributed by atoms with Crippen LogP contribution >= 0.6 is 0 Å². The Labute approximate surface area is 94.9 Å². The smallest absolute Gasteiger partial charge is 0.183 e. The minimum Gasteiger partial charge on any atom is -0.352 e. The molecule has 4 nitrogen and oxygen atoms in total. The van der Waals surface area contributed by atoms with Crippen molar-refractivity contribution < 1.29 is 4.39 Å². The van der Waals surface area contributed by atoms with Crippen molar-refractivity contribution in [1.82, 2.24) is 15.3 Å². The number of halogens is 1. The molecule has 0 atom stereocenters. The topological polar surface area (TPSA) is 41.1 Å². The van der Waals surface area contributed by atoms with Crippen LogP contribution in [0.2, 0.25) is 0 Å². The number of hydrogen-bond acceptors (Lipinski definition) is 4. The lowest BCUT2D eigenvalue weighted by Gasteiger charge is -2.28. The van der Waals surface area contributed by atoms with Crippen LogP contribution in [-0.2, 0) is 0 Å². The number of nitrogens with zero attached hydrogens (tertiary/aromatic N) is 3. The van der Waals surface area contributed by atoms with E-state index in [-0.39, 0.29) is 11.7 Å². The summed E-state index contributed by atoms with van der Waals surface area (Å²) < 4.78 is 13.6. The summed E-state index contributed by atoms with van der Waals surface area (Å²) >= 11 is 0. The number of aromatic nitrogens is 2. The molecule has 1 fully saturated rings. The normalized spacial score (nSPS) is 16.9. The van der Waals surface area contributed by atoms with E-state index in [0.717, 1.165) is 26.2 Å². The fraction of sp³-hybridized carbons (Fsp3) is 0.636. The van der Waals surface area contributed by atoms with Crippen LogP contribution in [0.5, 0.6) is 0 Å². The Morgan fingerprint density at radius 3 is 2.69 bits per heavy atom. The molecule has 16 heavy (non-hydrogen) atoms. The molecule has 0 saturated carbocycles. The van der Waals surface area contributed by atoms with Crippen molar-refractivity contribution in [3.8, 4) is 0 Å². The van der Waals surface area contributed by atoms with Gasteiger partial charge in [0.05, 0.1) is 6.20 Å². The molecular formula is C11H17FN4. The lowest BCUT2D eigenvalue weighted by Crippen LogP contribution is -2.44. The van der Waals surface area contributed by atoms with Crippen molar-refractivity contribution in [1.29, 1.82) is 0 Å². The molecule has 0 aliphatic carbocycles. The average Bonchev–Trinajstić information content (AvgIpc) is 2.30. The molecule has 0 radical (unpaired) electrons. The summed E-state index contributed by atoms with van der Waals surface area (Å²) in [6.07, 6.45) is 1.28. The molecule has 1 N–H and O–H groups in total. The Hall–Kier alpha value is -1.23. The molecule has 2 rings (SSSR count). The Kier molecular flexibility index (Phi) is 3.33. The van der Waals surface area contributed by atoms with Crippen molar-refractivity contribution in [2.75, 3.05) is 31.1 Å². The van der Waals surface area contributed by atoms with Gasteiger partial charge in [0.15, 0.2) is 11.6 Å². The monoisotopic (exact) mass is 224 g/mol. The first kappa shape index (κ1) is 11.3. The van der Waals surface area contributed by atoms with Crippen molar-refractivity contribution >= 4 is 5.82 Å². The van der Waals surface area contributed by atoms with E-state index in [9.17, 15) is 4.39 Å². The molecule has 0 amide bonds. The van der Waals surface area contributed by atoms with E-state index in [0.29, 0.717) is 11.6 Å². The minimum atomic E-state index is -0.327. The first-order chi connectivity index (χ1) is 7.68. The fourth-order valence-electron chi connectivity index (χ4n) is 1.75. The summed E-state index contributed by atoms with van der Waals surface area (Å²) in [4.78, 5) is 10.3. The molecule has 88 valence electrons. The second kappa shape index (κ2) is 4.74. The number of nitrogens with one attached hydrogen (secondary N) is 1. The summed E-state index contributed by atoms with van der Waals surface area (Å²) in [5.41, 5.74) is 0. The van der Waals surface area contributed by atoms with Crippen molar-refractivity contribution in [3.05, 3.63) is 17.8 Å². The van der Waals surface area contributed by atoms with Crippen LogP contribution in [0, 0.1) is 5.82 Å². The van der Waals surface area contributed by atoms with E-state index in [1.807, 2.05) is 18.7 Å². The van der Waals surface area contributed by atoms with Gasteiger partial charge in [0, 0.05) is 32.1 Å². The van der Waals surface area contributed by atoms with Gasteiger partial charge in [0.25, 0.3) is 0 Å². The SMILES string of the molecule is CC(C)c1ncc(F)c(N2CCNCC2)n1. The highest BCUT2D eigenvalue weighted by Crippen LogP contribution is 2.18. The highest BCUT2D eigenvalue weighted by molar-refractivity contribution is 5.40. The van der Waals surface area contributed by atoms with Gasteiger partial charge in [0.1, 0.15) is 5.82 Å². The van der Waals surface area contributed by atoms with Gasteiger partial charge in [-0.15, -0.1) is 0 Å². The van der Waals surface area contributed by atoms with Crippen molar-refractivity contribution in [3.63, 3.8) is 0 Å². The zero-order valence-electron chi connectivity index (χ0n) is 9.70. The van der Waals surface area contributed by atoms with E-state index in [2.05, 4.69) is 15.3 Å². The molecule has 1 aliphatic heterocycles. The Morgan fingerprint density at radius 1 is 1.38 bits per heavy atom. The predicted molar refractivity (Wildman–Crippen MR) is 61.2 cm³/mol. The van der Waals surface area contributed by atoms with Gasteiger partial charge < -0.3 is 10.2 Å². The highest BCUT2D eigenvalue weighted by Gasteiger charge is 2.17. The molecule has 1 aromatic heterocycles. The first-order valence-corrected chi connectivity index (χ1v) is 5.66. The average molecular weight is 224 g/mol. The number of piperazine rings is 1. The maximum atomic E-state index is 13.6. The fourth-order valence-corrected chi connectivity index (χ4v) is 1.75. The third kappa shape index (κ3) is 2.29. The van der Waals surface area contributed by atoms with Gasteiger partial charge in [-0.3, -0.25) is 0 Å². The molecule has 0 bridgehead atoms. The Morgan fingerprint density at radius 2 is 2.06 bits per heavy atom. The van der Waals surface area contributed by atoms with E-state index >= 15 is 0 Å². The maximum absolute atomic E-state index is 13.6. The zero-order chi connectivity index (χ0) is 11.5. The van der Waals surface area contributed by atoms with Gasteiger partial charge in [0.2, 0.25) is 0 Å². The third-order valence-electron chi connectivity index (χ3n) is 2.68. The van der Waals surface area contributed by atoms with Gasteiger partial charge >= 0.3 is 0 Å². The Bertz CT molecular complexity index is 361. The largest absolute Gasteiger partial charge is 0.352 e. The van der Waals surface area contributed by atoms with Crippen molar-refractivity contribution in [2.24, 2.45) is 0 Å². The van der Waals surface area contributed by atoms with Gasteiger partial charge in [-0.05, 0) is 0 Å². The van der Waals surface area contributed by atoms with Gasteiger partial charge in [-0.1, -0.05) is 13.8 Å². The van der Waals surface area contributed by atoms with Gasteiger partial charge in [-0.25, -0.2) is 14.4 Å². The summed E-state index contributed by atoms with van der Waals surface area (Å²) in [6, 6.07) is 0. The summed E-state index contributed by atoms with van der Waals surface area (Å²) in [5, 5.41) is 3.23. The lowest BCUT2D eigenvalue weighted by atomic mass is 10.2. The molecule has 5 heteroatoms. The van der Waals surface area contributed by atoms with Crippen LogP contribution < -0.4 is 10.2 Å². The second-order valence-corrected chi connectivity index (χ2v) is 4.29. The van der Waals surface area contributed by atoms with Crippen LogP contribution in [0.4, 0.5) is 10.2 Å². The molecule has 1 saturated heterocycles. The number of rotatable bonds is 2. The van der Waals surface area contributed by atoms with Crippen LogP contribution in [0.25, 0.3) is 0 Å². The first-order valence-electron chi connectivity index (χ1n) is 5.66. The standard InChI is InChI=1S/C11H17FN4/c1-8(2)10-14-7-9(12)11(15-10)16-5-3-13-4-6-16/h7-8,13H,3-6H2,1-2H3. The number of hydrogen-bond donors (Lipinski definition) is 1. The molecule has 2 heterocycles.